The van der Waals surface area contributed by atoms with Gasteiger partial charge in [-0.2, -0.15) is 0 Å². The molecule has 1 amide bonds. The topological polar surface area (TPSA) is 109 Å². The predicted octanol–water partition coefficient (Wildman–Crippen LogP) is 3.92. The van der Waals surface area contributed by atoms with Crippen LogP contribution < -0.4 is 20.4 Å². The summed E-state index contributed by atoms with van der Waals surface area (Å²) < 4.78 is 16.0. The molecule has 1 aliphatic rings. The molecule has 0 fully saturated rings. The second kappa shape index (κ2) is 11.2. The van der Waals surface area contributed by atoms with Crippen molar-refractivity contribution in [2.24, 2.45) is 12.0 Å². The predicted molar refractivity (Wildman–Crippen MR) is 149 cm³/mol. The Hall–Kier alpha value is -4.38. The van der Waals surface area contributed by atoms with Crippen LogP contribution in [0.15, 0.2) is 63.7 Å². The number of hydrogen-bond donors (Lipinski definition) is 1. The summed E-state index contributed by atoms with van der Waals surface area (Å²) >= 11 is 1.41. The van der Waals surface area contributed by atoms with Crippen LogP contribution in [-0.4, -0.2) is 39.0 Å². The molecule has 0 saturated carbocycles. The number of carbonyl (C=O) groups is 2. The number of fused-ring (bicyclic) bond motifs is 1. The summed E-state index contributed by atoms with van der Waals surface area (Å²) in [5.41, 5.74) is 3.90. The SMILES string of the molecule is CCOC(=O)CCCn1c(-c2ccc3c(c2)NC(=O)CO3)csc1=Nc1c(C)n(C)n(-c2ccccc2)c1=O. The average molecular weight is 548 g/mol. The summed E-state index contributed by atoms with van der Waals surface area (Å²) in [6.07, 6.45) is 0.789. The first-order chi connectivity index (χ1) is 18.9. The molecule has 2 aromatic carbocycles. The van der Waals surface area contributed by atoms with Crippen molar-refractivity contribution in [3.63, 3.8) is 0 Å². The highest BCUT2D eigenvalue weighted by atomic mass is 32.1. The number of benzene rings is 2. The van der Waals surface area contributed by atoms with E-state index in [1.807, 2.05) is 72.4 Å². The molecule has 0 spiro atoms. The number of esters is 1. The van der Waals surface area contributed by atoms with Gasteiger partial charge in [0.1, 0.15) is 5.75 Å². The van der Waals surface area contributed by atoms with Crippen LogP contribution >= 0.6 is 11.3 Å². The van der Waals surface area contributed by atoms with E-state index >= 15 is 0 Å². The highest BCUT2D eigenvalue weighted by molar-refractivity contribution is 7.07. The lowest BCUT2D eigenvalue weighted by atomic mass is 10.1. The number of para-hydroxylation sites is 1. The van der Waals surface area contributed by atoms with Crippen LogP contribution in [-0.2, 0) is 27.9 Å². The molecule has 11 heteroatoms. The van der Waals surface area contributed by atoms with Crippen LogP contribution in [0.3, 0.4) is 0 Å². The lowest BCUT2D eigenvalue weighted by Gasteiger charge is -2.19. The lowest BCUT2D eigenvalue weighted by Crippen LogP contribution is -2.25. The normalized spacial score (nSPS) is 13.1. The highest BCUT2D eigenvalue weighted by Gasteiger charge is 2.19. The monoisotopic (exact) mass is 547 g/mol. The van der Waals surface area contributed by atoms with Crippen LogP contribution in [0.1, 0.15) is 25.5 Å². The fourth-order valence-electron chi connectivity index (χ4n) is 4.50. The van der Waals surface area contributed by atoms with E-state index in [1.54, 1.807) is 16.3 Å². The van der Waals surface area contributed by atoms with Gasteiger partial charge in [-0.15, -0.1) is 11.3 Å². The maximum absolute atomic E-state index is 13.5. The number of rotatable bonds is 8. The Labute approximate surface area is 228 Å². The maximum atomic E-state index is 13.5. The maximum Gasteiger partial charge on any atom is 0.305 e. The Kier molecular flexibility index (Phi) is 7.51. The van der Waals surface area contributed by atoms with Crippen molar-refractivity contribution in [1.29, 1.82) is 0 Å². The Balaban J connectivity index is 1.59. The van der Waals surface area contributed by atoms with Crippen molar-refractivity contribution < 1.29 is 19.1 Å². The molecule has 2 aromatic heterocycles. The van der Waals surface area contributed by atoms with E-state index < -0.39 is 0 Å². The second-order valence-electron chi connectivity index (χ2n) is 9.03. The number of aromatic nitrogens is 3. The molecule has 1 aliphatic heterocycles. The van der Waals surface area contributed by atoms with E-state index in [9.17, 15) is 14.4 Å². The Morgan fingerprint density at radius 3 is 2.74 bits per heavy atom. The summed E-state index contributed by atoms with van der Waals surface area (Å²) in [4.78, 5) is 42.8. The number of anilines is 1. The van der Waals surface area contributed by atoms with E-state index in [2.05, 4.69) is 5.32 Å². The first kappa shape index (κ1) is 26.2. The Morgan fingerprint density at radius 2 is 1.97 bits per heavy atom. The number of nitrogens with one attached hydrogen (secondary N) is 1. The van der Waals surface area contributed by atoms with E-state index in [1.165, 1.54) is 11.3 Å². The molecule has 1 N–H and O–H groups in total. The quantitative estimate of drug-likeness (QED) is 0.337. The number of ether oxygens (including phenoxy) is 2. The van der Waals surface area contributed by atoms with Gasteiger partial charge in [0.15, 0.2) is 17.1 Å². The van der Waals surface area contributed by atoms with Gasteiger partial charge in [-0.05, 0) is 50.6 Å². The molecular weight excluding hydrogens is 518 g/mol. The number of nitrogens with zero attached hydrogens (tertiary/aromatic N) is 4. The molecule has 3 heterocycles. The molecule has 202 valence electrons. The van der Waals surface area contributed by atoms with Crippen molar-refractivity contribution >= 4 is 34.6 Å². The molecular formula is C28H29N5O5S. The fraction of sp³-hybridized carbons (Fsp3) is 0.286. The Morgan fingerprint density at radius 1 is 1.18 bits per heavy atom. The first-order valence-corrected chi connectivity index (χ1v) is 13.5. The number of hydrogen-bond acceptors (Lipinski definition) is 7. The van der Waals surface area contributed by atoms with Gasteiger partial charge in [-0.1, -0.05) is 18.2 Å². The third-order valence-corrected chi connectivity index (χ3v) is 7.37. The van der Waals surface area contributed by atoms with Gasteiger partial charge in [-0.25, -0.2) is 9.67 Å². The lowest BCUT2D eigenvalue weighted by molar-refractivity contribution is -0.143. The van der Waals surface area contributed by atoms with E-state index in [0.29, 0.717) is 41.5 Å². The second-order valence-corrected chi connectivity index (χ2v) is 9.87. The van der Waals surface area contributed by atoms with Gasteiger partial charge in [0.25, 0.3) is 11.5 Å². The van der Waals surface area contributed by atoms with E-state index in [-0.39, 0.29) is 30.5 Å². The average Bonchev–Trinajstić information content (AvgIpc) is 3.42. The van der Waals surface area contributed by atoms with Crippen LogP contribution in [0, 0.1) is 6.92 Å². The van der Waals surface area contributed by atoms with Gasteiger partial charge in [-0.3, -0.25) is 19.1 Å². The van der Waals surface area contributed by atoms with Crippen molar-refractivity contribution in [2.75, 3.05) is 18.5 Å². The molecule has 10 nitrogen and oxygen atoms in total. The van der Waals surface area contributed by atoms with Crippen molar-refractivity contribution in [3.05, 3.63) is 74.8 Å². The van der Waals surface area contributed by atoms with Gasteiger partial charge in [0.05, 0.1) is 29.4 Å². The first-order valence-electron chi connectivity index (χ1n) is 12.7. The van der Waals surface area contributed by atoms with E-state index in [4.69, 9.17) is 14.5 Å². The van der Waals surface area contributed by atoms with Gasteiger partial charge >= 0.3 is 5.97 Å². The zero-order chi connectivity index (χ0) is 27.5. The van der Waals surface area contributed by atoms with Gasteiger partial charge in [0, 0.05) is 31.0 Å². The number of thiazole rings is 1. The summed E-state index contributed by atoms with van der Waals surface area (Å²) in [5, 5.41) is 4.81. The van der Waals surface area contributed by atoms with Crippen molar-refractivity contribution in [3.8, 4) is 22.7 Å². The fourth-order valence-corrected chi connectivity index (χ4v) is 5.44. The standard InChI is InChI=1S/C28H29N5O5S/c1-4-37-25(35)11-8-14-32-22(19-12-13-23-21(15-19)29-24(34)16-38-23)17-39-28(32)30-26-18(2)31(3)33(27(26)36)20-9-6-5-7-10-20/h5-7,9-10,12-13,15,17H,4,8,11,14,16H2,1-3H3,(H,29,34). The summed E-state index contributed by atoms with van der Waals surface area (Å²) in [6, 6.07) is 15.0. The summed E-state index contributed by atoms with van der Waals surface area (Å²) in [6.45, 7) is 4.45. The zero-order valence-corrected chi connectivity index (χ0v) is 22.8. The molecule has 0 radical (unpaired) electrons. The number of amides is 1. The molecule has 0 atom stereocenters. The molecule has 4 aromatic rings. The van der Waals surface area contributed by atoms with Crippen molar-refractivity contribution in [1.82, 2.24) is 13.9 Å². The molecule has 0 aliphatic carbocycles. The molecule has 5 rings (SSSR count). The molecule has 0 unspecified atom stereocenters. The minimum atomic E-state index is -0.258. The Bertz CT molecular complexity index is 1660. The van der Waals surface area contributed by atoms with Crippen LogP contribution in [0.5, 0.6) is 5.75 Å². The molecule has 39 heavy (non-hydrogen) atoms. The minimum absolute atomic E-state index is 0.0153. The minimum Gasteiger partial charge on any atom is -0.482 e. The largest absolute Gasteiger partial charge is 0.482 e. The summed E-state index contributed by atoms with van der Waals surface area (Å²) in [7, 11) is 1.83. The summed E-state index contributed by atoms with van der Waals surface area (Å²) in [5.74, 6) is 0.137. The molecule has 0 bridgehead atoms. The van der Waals surface area contributed by atoms with Crippen LogP contribution in [0.2, 0.25) is 0 Å². The zero-order valence-electron chi connectivity index (χ0n) is 22.0. The molecule has 0 saturated heterocycles. The van der Waals surface area contributed by atoms with E-state index in [0.717, 1.165) is 22.6 Å². The van der Waals surface area contributed by atoms with Gasteiger partial charge in [0.2, 0.25) is 0 Å². The smallest absolute Gasteiger partial charge is 0.305 e. The van der Waals surface area contributed by atoms with Gasteiger partial charge < -0.3 is 19.4 Å². The third kappa shape index (κ3) is 5.30. The number of carbonyl (C=O) groups excluding carboxylic acids is 2. The third-order valence-electron chi connectivity index (χ3n) is 6.51. The van der Waals surface area contributed by atoms with Crippen LogP contribution in [0.4, 0.5) is 11.4 Å². The van der Waals surface area contributed by atoms with Crippen LogP contribution in [0.25, 0.3) is 16.9 Å². The van der Waals surface area contributed by atoms with Crippen molar-refractivity contribution in [2.45, 2.75) is 33.2 Å². The highest BCUT2D eigenvalue weighted by Crippen LogP contribution is 2.33.